The highest BCUT2D eigenvalue weighted by molar-refractivity contribution is 5.94. The molecule has 2 aromatic rings. The number of hydrogen-bond donors (Lipinski definition) is 0. The van der Waals surface area contributed by atoms with Crippen LogP contribution in [0.2, 0.25) is 0 Å². The van der Waals surface area contributed by atoms with Crippen LogP contribution in [0.5, 0.6) is 0 Å². The van der Waals surface area contributed by atoms with Gasteiger partial charge in [0.25, 0.3) is 0 Å². The maximum atomic E-state index is 12.1. The number of fused-ring (bicyclic) bond motifs is 1. The molecule has 0 N–H and O–H groups in total. The van der Waals surface area contributed by atoms with Gasteiger partial charge in [0.1, 0.15) is 6.61 Å². The van der Waals surface area contributed by atoms with E-state index < -0.39 is 18.0 Å². The number of cyclic esters (lactones) is 1. The third-order valence-corrected chi connectivity index (χ3v) is 3.59. The summed E-state index contributed by atoms with van der Waals surface area (Å²) in [7, 11) is 0. The van der Waals surface area contributed by atoms with Crippen molar-refractivity contribution in [3.8, 4) is 6.07 Å². The van der Waals surface area contributed by atoms with Crippen molar-refractivity contribution >= 4 is 11.9 Å². The number of carbonyl (C=O) groups is 2. The molecule has 1 heterocycles. The van der Waals surface area contributed by atoms with Crippen LogP contribution >= 0.6 is 0 Å². The predicted octanol–water partition coefficient (Wildman–Crippen LogP) is 2.38. The molecule has 1 aliphatic heterocycles. The Morgan fingerprint density at radius 2 is 2.09 bits per heavy atom. The van der Waals surface area contributed by atoms with E-state index >= 15 is 0 Å². The number of carbonyl (C=O) groups excluding carboxylic acids is 2. The molecule has 114 valence electrons. The van der Waals surface area contributed by atoms with Crippen LogP contribution in [0, 0.1) is 11.3 Å². The minimum Gasteiger partial charge on any atom is -0.458 e. The summed E-state index contributed by atoms with van der Waals surface area (Å²) in [5.41, 5.74) is 2.46. The summed E-state index contributed by atoms with van der Waals surface area (Å²) in [6, 6.07) is 15.9. The van der Waals surface area contributed by atoms with Crippen LogP contribution < -0.4 is 0 Å². The first-order chi connectivity index (χ1) is 11.2. The second kappa shape index (κ2) is 6.32. The highest BCUT2D eigenvalue weighted by atomic mass is 16.6. The van der Waals surface area contributed by atoms with Gasteiger partial charge in [-0.2, -0.15) is 5.26 Å². The molecule has 0 radical (unpaired) electrons. The Balaban J connectivity index is 1.65. The zero-order chi connectivity index (χ0) is 16.2. The van der Waals surface area contributed by atoms with Gasteiger partial charge in [-0.15, -0.1) is 0 Å². The molecule has 0 bridgehead atoms. The largest absolute Gasteiger partial charge is 0.458 e. The second-order valence-corrected chi connectivity index (χ2v) is 5.18. The fourth-order valence-corrected chi connectivity index (χ4v) is 2.44. The molecule has 0 amide bonds. The zero-order valence-electron chi connectivity index (χ0n) is 12.2. The molecule has 23 heavy (non-hydrogen) atoms. The Kier molecular flexibility index (Phi) is 4.07. The van der Waals surface area contributed by atoms with E-state index in [1.807, 2.05) is 12.1 Å². The molecular formula is C18H13NO4. The van der Waals surface area contributed by atoms with E-state index in [-0.39, 0.29) is 6.61 Å². The number of rotatable bonds is 3. The number of ether oxygens (including phenoxy) is 2. The van der Waals surface area contributed by atoms with Gasteiger partial charge in [-0.1, -0.05) is 30.3 Å². The van der Waals surface area contributed by atoms with Crippen LogP contribution in [0.25, 0.3) is 0 Å². The minimum absolute atomic E-state index is 0.0318. The molecule has 1 aliphatic rings. The first-order valence-corrected chi connectivity index (χ1v) is 7.12. The van der Waals surface area contributed by atoms with Crippen molar-refractivity contribution in [1.29, 1.82) is 5.26 Å². The normalized spacial score (nSPS) is 16.0. The van der Waals surface area contributed by atoms with E-state index in [2.05, 4.69) is 0 Å². The summed E-state index contributed by atoms with van der Waals surface area (Å²) in [6.07, 6.45) is -0.629. The minimum atomic E-state index is -0.934. The van der Waals surface area contributed by atoms with Crippen LogP contribution in [-0.2, 0) is 27.3 Å². The first kappa shape index (κ1) is 14.8. The van der Waals surface area contributed by atoms with E-state index in [1.165, 1.54) is 0 Å². The summed E-state index contributed by atoms with van der Waals surface area (Å²) >= 11 is 0. The maximum absolute atomic E-state index is 12.1. The lowest BCUT2D eigenvalue weighted by atomic mass is 9.99. The zero-order valence-corrected chi connectivity index (χ0v) is 12.2. The van der Waals surface area contributed by atoms with Gasteiger partial charge >= 0.3 is 11.9 Å². The van der Waals surface area contributed by atoms with Gasteiger partial charge in [0.05, 0.1) is 17.2 Å². The van der Waals surface area contributed by atoms with Crippen LogP contribution in [0.15, 0.2) is 48.5 Å². The predicted molar refractivity (Wildman–Crippen MR) is 80.3 cm³/mol. The highest BCUT2D eigenvalue weighted by Gasteiger charge is 2.32. The molecule has 0 aliphatic carbocycles. The SMILES string of the molecule is N#Cc1cccc(COC(=O)C2Cc3ccccc3C(=O)O2)c1. The quantitative estimate of drug-likeness (QED) is 0.814. The van der Waals surface area contributed by atoms with Crippen molar-refractivity contribution in [2.75, 3.05) is 0 Å². The first-order valence-electron chi connectivity index (χ1n) is 7.12. The standard InChI is InChI=1S/C18H13NO4/c19-10-12-4-3-5-13(8-12)11-22-18(21)16-9-14-6-1-2-7-15(14)17(20)23-16/h1-8,16H,9,11H2. The second-order valence-electron chi connectivity index (χ2n) is 5.18. The number of esters is 2. The van der Waals surface area contributed by atoms with E-state index in [4.69, 9.17) is 14.7 Å². The molecule has 0 aromatic heterocycles. The van der Waals surface area contributed by atoms with E-state index in [0.717, 1.165) is 5.56 Å². The fraction of sp³-hybridized carbons (Fsp3) is 0.167. The van der Waals surface area contributed by atoms with Crippen molar-refractivity contribution in [1.82, 2.24) is 0 Å². The summed E-state index contributed by atoms with van der Waals surface area (Å²) in [4.78, 5) is 24.0. The van der Waals surface area contributed by atoms with E-state index in [1.54, 1.807) is 42.5 Å². The van der Waals surface area contributed by atoms with Crippen molar-refractivity contribution < 1.29 is 19.1 Å². The van der Waals surface area contributed by atoms with E-state index in [9.17, 15) is 9.59 Å². The molecule has 0 spiro atoms. The van der Waals surface area contributed by atoms with Crippen LogP contribution in [0.3, 0.4) is 0 Å². The average molecular weight is 307 g/mol. The molecule has 1 atom stereocenters. The summed E-state index contributed by atoms with van der Waals surface area (Å²) in [6.45, 7) is 0.0318. The molecular weight excluding hydrogens is 294 g/mol. The number of nitriles is 1. The lowest BCUT2D eigenvalue weighted by Crippen LogP contribution is -2.35. The molecule has 0 saturated carbocycles. The molecule has 3 rings (SSSR count). The monoisotopic (exact) mass is 307 g/mol. The van der Waals surface area contributed by atoms with Gasteiger partial charge in [0.2, 0.25) is 6.10 Å². The molecule has 1 unspecified atom stereocenters. The Morgan fingerprint density at radius 3 is 2.91 bits per heavy atom. The number of hydrogen-bond acceptors (Lipinski definition) is 5. The molecule has 5 heteroatoms. The molecule has 5 nitrogen and oxygen atoms in total. The number of nitrogens with zero attached hydrogens (tertiary/aromatic N) is 1. The Bertz CT molecular complexity index is 807. The van der Waals surface area contributed by atoms with Gasteiger partial charge in [-0.25, -0.2) is 9.59 Å². The van der Waals surface area contributed by atoms with Crippen molar-refractivity contribution in [3.05, 3.63) is 70.8 Å². The summed E-state index contributed by atoms with van der Waals surface area (Å²) in [5.74, 6) is -1.10. The van der Waals surface area contributed by atoms with Gasteiger partial charge < -0.3 is 9.47 Å². The molecule has 0 fully saturated rings. The third kappa shape index (κ3) is 3.22. The van der Waals surface area contributed by atoms with Crippen molar-refractivity contribution in [3.63, 3.8) is 0 Å². The topological polar surface area (TPSA) is 76.4 Å². The smallest absolute Gasteiger partial charge is 0.348 e. The summed E-state index contributed by atoms with van der Waals surface area (Å²) < 4.78 is 10.3. The Hall–Kier alpha value is -3.13. The van der Waals surface area contributed by atoms with Crippen LogP contribution in [0.1, 0.15) is 27.0 Å². The van der Waals surface area contributed by atoms with Crippen LogP contribution in [0.4, 0.5) is 0 Å². The van der Waals surface area contributed by atoms with Crippen LogP contribution in [-0.4, -0.2) is 18.0 Å². The maximum Gasteiger partial charge on any atom is 0.348 e. The highest BCUT2D eigenvalue weighted by Crippen LogP contribution is 2.21. The van der Waals surface area contributed by atoms with Crippen molar-refractivity contribution in [2.24, 2.45) is 0 Å². The number of benzene rings is 2. The average Bonchev–Trinajstić information content (AvgIpc) is 2.60. The van der Waals surface area contributed by atoms with Gasteiger partial charge in [0, 0.05) is 6.42 Å². The van der Waals surface area contributed by atoms with E-state index in [0.29, 0.717) is 23.1 Å². The van der Waals surface area contributed by atoms with Gasteiger partial charge in [-0.05, 0) is 29.3 Å². The lowest BCUT2D eigenvalue weighted by Gasteiger charge is -2.23. The summed E-state index contributed by atoms with van der Waals surface area (Å²) in [5, 5.41) is 8.85. The van der Waals surface area contributed by atoms with Gasteiger partial charge in [0.15, 0.2) is 0 Å². The Labute approximate surface area is 133 Å². The third-order valence-electron chi connectivity index (χ3n) is 3.59. The van der Waals surface area contributed by atoms with Gasteiger partial charge in [-0.3, -0.25) is 0 Å². The Morgan fingerprint density at radius 1 is 1.26 bits per heavy atom. The lowest BCUT2D eigenvalue weighted by molar-refractivity contribution is -0.155. The van der Waals surface area contributed by atoms with Crippen molar-refractivity contribution in [2.45, 2.75) is 19.1 Å². The molecule has 2 aromatic carbocycles. The fourth-order valence-electron chi connectivity index (χ4n) is 2.44. The molecule has 0 saturated heterocycles.